The highest BCUT2D eigenvalue weighted by Crippen LogP contribution is 2.25. The zero-order valence-corrected chi connectivity index (χ0v) is 13.8. The maximum atomic E-state index is 13.2. The second-order valence-electron chi connectivity index (χ2n) is 4.97. The van der Waals surface area contributed by atoms with Crippen LogP contribution in [0.3, 0.4) is 0 Å². The van der Waals surface area contributed by atoms with Crippen LogP contribution in [0.25, 0.3) is 10.2 Å². The van der Waals surface area contributed by atoms with Crippen LogP contribution in [0.4, 0.5) is 8.78 Å². The molecule has 0 aliphatic carbocycles. The van der Waals surface area contributed by atoms with Crippen LogP contribution in [0, 0.1) is 11.6 Å². The van der Waals surface area contributed by atoms with Crippen LogP contribution in [0.2, 0.25) is 0 Å². The van der Waals surface area contributed by atoms with Gasteiger partial charge < -0.3 is 4.74 Å². The lowest BCUT2D eigenvalue weighted by atomic mass is 10.1. The molecular weight excluding hydrogens is 358 g/mol. The number of hydrogen-bond acceptors (Lipinski definition) is 4. The molecule has 2 aromatic carbocycles. The lowest BCUT2D eigenvalue weighted by molar-refractivity contribution is -0.118. The summed E-state index contributed by atoms with van der Waals surface area (Å²) in [6.45, 7) is 0.185. The number of thiazole rings is 1. The van der Waals surface area contributed by atoms with Crippen molar-refractivity contribution in [3.63, 3.8) is 0 Å². The molecule has 8 heteroatoms. The van der Waals surface area contributed by atoms with E-state index in [1.54, 1.807) is 24.3 Å². The molecule has 0 saturated carbocycles. The van der Waals surface area contributed by atoms with Gasteiger partial charge in [0, 0.05) is 17.8 Å². The number of aromatic nitrogens is 1. The molecule has 0 atom stereocenters. The minimum absolute atomic E-state index is 0.179. The van der Waals surface area contributed by atoms with Gasteiger partial charge in [0.1, 0.15) is 17.4 Å². The number of hydrogen-bond donors (Lipinski definition) is 1. The Kier molecular flexibility index (Phi) is 4.92. The maximum absolute atomic E-state index is 13.2. The number of nitrogens with one attached hydrogen (secondary N) is 1. The molecule has 0 aliphatic heterocycles. The minimum Gasteiger partial charge on any atom is -0.486 e. The van der Waals surface area contributed by atoms with Crippen molar-refractivity contribution in [2.24, 2.45) is 0 Å². The highest BCUT2D eigenvalue weighted by Gasteiger charge is 2.10. The topological polar surface area (TPSA) is 51.2 Å². The minimum atomic E-state index is -0.920. The number of fused-ring (bicyclic) bond motifs is 1. The molecule has 1 amide bonds. The Balaban J connectivity index is 1.66. The fourth-order valence-corrected chi connectivity index (χ4v) is 3.05. The van der Waals surface area contributed by atoms with Crippen molar-refractivity contribution in [3.05, 3.63) is 58.6 Å². The highest BCUT2D eigenvalue weighted by atomic mass is 35.5. The number of carbonyl (C=O) groups is 1. The van der Waals surface area contributed by atoms with Crippen molar-refractivity contribution in [3.8, 4) is 5.75 Å². The zero-order valence-electron chi connectivity index (χ0n) is 12.2. The molecule has 124 valence electrons. The summed E-state index contributed by atoms with van der Waals surface area (Å²) in [4.78, 5) is 17.4. The SMILES string of the molecule is O=C(Cc1ccc(OCc2nc3cc(F)c(F)cc3s2)cc1)NCl. The molecule has 4 nitrogen and oxygen atoms in total. The summed E-state index contributed by atoms with van der Waals surface area (Å²) < 4.78 is 32.5. The molecule has 1 N–H and O–H groups in total. The first-order valence-electron chi connectivity index (χ1n) is 6.91. The van der Waals surface area contributed by atoms with Gasteiger partial charge in [0.2, 0.25) is 5.91 Å². The van der Waals surface area contributed by atoms with Crippen molar-refractivity contribution in [1.29, 1.82) is 0 Å². The summed E-state index contributed by atoms with van der Waals surface area (Å²) in [5.41, 5.74) is 1.20. The maximum Gasteiger partial charge on any atom is 0.238 e. The van der Waals surface area contributed by atoms with Crippen LogP contribution in [-0.2, 0) is 17.8 Å². The Hall–Kier alpha value is -2.25. The van der Waals surface area contributed by atoms with E-state index in [-0.39, 0.29) is 18.9 Å². The van der Waals surface area contributed by atoms with Crippen LogP contribution < -0.4 is 9.57 Å². The van der Waals surface area contributed by atoms with Crippen molar-refractivity contribution < 1.29 is 18.3 Å². The Morgan fingerprint density at radius 3 is 2.62 bits per heavy atom. The summed E-state index contributed by atoms with van der Waals surface area (Å²) >= 11 is 6.47. The van der Waals surface area contributed by atoms with Gasteiger partial charge in [-0.15, -0.1) is 11.3 Å². The van der Waals surface area contributed by atoms with E-state index in [0.717, 1.165) is 17.7 Å². The molecule has 3 aromatic rings. The molecular formula is C16H11ClF2N2O2S. The number of benzene rings is 2. The van der Waals surface area contributed by atoms with Crippen LogP contribution in [0.1, 0.15) is 10.6 Å². The normalized spacial score (nSPS) is 10.8. The largest absolute Gasteiger partial charge is 0.486 e. The summed E-state index contributed by atoms with van der Waals surface area (Å²) in [7, 11) is 0. The third kappa shape index (κ3) is 3.80. The third-order valence-corrected chi connectivity index (χ3v) is 4.43. The van der Waals surface area contributed by atoms with E-state index >= 15 is 0 Å². The van der Waals surface area contributed by atoms with E-state index in [9.17, 15) is 13.6 Å². The molecule has 0 unspecified atom stereocenters. The first-order valence-corrected chi connectivity index (χ1v) is 8.10. The number of rotatable bonds is 5. The number of carbonyl (C=O) groups excluding carboxylic acids is 1. The van der Waals surface area contributed by atoms with E-state index < -0.39 is 11.6 Å². The molecule has 3 rings (SSSR count). The van der Waals surface area contributed by atoms with Gasteiger partial charge in [-0.2, -0.15) is 0 Å². The predicted octanol–water partition coefficient (Wildman–Crippen LogP) is 3.97. The number of ether oxygens (including phenoxy) is 1. The molecule has 1 aromatic heterocycles. The van der Waals surface area contributed by atoms with Crippen molar-refractivity contribution >= 4 is 39.2 Å². The van der Waals surface area contributed by atoms with Gasteiger partial charge in [0.15, 0.2) is 11.6 Å². The Morgan fingerprint density at radius 2 is 1.92 bits per heavy atom. The van der Waals surface area contributed by atoms with Crippen LogP contribution >= 0.6 is 23.1 Å². The van der Waals surface area contributed by atoms with Gasteiger partial charge >= 0.3 is 0 Å². The Morgan fingerprint density at radius 1 is 1.21 bits per heavy atom. The fraction of sp³-hybridized carbons (Fsp3) is 0.125. The van der Waals surface area contributed by atoms with Gasteiger partial charge in [0.25, 0.3) is 0 Å². The first-order chi connectivity index (χ1) is 11.5. The van der Waals surface area contributed by atoms with Crippen molar-refractivity contribution in [1.82, 2.24) is 9.82 Å². The fourth-order valence-electron chi connectivity index (χ4n) is 2.10. The van der Waals surface area contributed by atoms with Crippen molar-refractivity contribution in [2.75, 3.05) is 0 Å². The van der Waals surface area contributed by atoms with Gasteiger partial charge in [-0.25, -0.2) is 13.8 Å². The Bertz CT molecular complexity index is 845. The van der Waals surface area contributed by atoms with Crippen LogP contribution in [0.5, 0.6) is 5.75 Å². The molecule has 0 saturated heterocycles. The van der Waals surface area contributed by atoms with E-state index in [4.69, 9.17) is 16.5 Å². The Labute approximate surface area is 145 Å². The quantitative estimate of drug-likeness (QED) is 0.693. The molecule has 0 fully saturated rings. The molecule has 0 radical (unpaired) electrons. The number of halogens is 3. The molecule has 0 aliphatic rings. The monoisotopic (exact) mass is 368 g/mol. The molecule has 0 bridgehead atoms. The highest BCUT2D eigenvalue weighted by molar-refractivity contribution is 7.18. The van der Waals surface area contributed by atoms with Crippen LogP contribution in [-0.4, -0.2) is 10.9 Å². The van der Waals surface area contributed by atoms with Crippen LogP contribution in [0.15, 0.2) is 36.4 Å². The zero-order chi connectivity index (χ0) is 17.1. The lowest BCUT2D eigenvalue weighted by Gasteiger charge is -2.05. The molecule has 0 spiro atoms. The van der Waals surface area contributed by atoms with Gasteiger partial charge in [0.05, 0.1) is 16.6 Å². The molecule has 1 heterocycles. The summed E-state index contributed by atoms with van der Waals surface area (Å²) in [5.74, 6) is -1.51. The average molecular weight is 369 g/mol. The van der Waals surface area contributed by atoms with E-state index in [1.807, 2.05) is 4.84 Å². The second-order valence-corrected chi connectivity index (χ2v) is 6.27. The van der Waals surface area contributed by atoms with Gasteiger partial charge in [-0.1, -0.05) is 12.1 Å². The van der Waals surface area contributed by atoms with Gasteiger partial charge in [-0.3, -0.25) is 9.63 Å². The van der Waals surface area contributed by atoms with Crippen molar-refractivity contribution in [2.45, 2.75) is 13.0 Å². The van der Waals surface area contributed by atoms with E-state index in [1.165, 1.54) is 11.3 Å². The number of nitrogens with zero attached hydrogens (tertiary/aromatic N) is 1. The van der Waals surface area contributed by atoms with E-state index in [0.29, 0.717) is 21.0 Å². The van der Waals surface area contributed by atoms with E-state index in [2.05, 4.69) is 4.98 Å². The van der Waals surface area contributed by atoms with Gasteiger partial charge in [-0.05, 0) is 23.8 Å². The average Bonchev–Trinajstić information content (AvgIpc) is 2.96. The molecule has 24 heavy (non-hydrogen) atoms. The summed E-state index contributed by atoms with van der Waals surface area (Å²) in [6, 6.07) is 9.16. The number of amides is 1. The summed E-state index contributed by atoms with van der Waals surface area (Å²) in [6.07, 6.45) is 0.179. The predicted molar refractivity (Wildman–Crippen MR) is 88.0 cm³/mol. The summed E-state index contributed by atoms with van der Waals surface area (Å²) in [5, 5.41) is 0.612. The standard InChI is InChI=1S/C16H11ClF2N2O2S/c17-21-15(22)5-9-1-3-10(4-2-9)23-8-16-20-13-6-11(18)12(19)7-14(13)24-16/h1-4,6-7H,5,8H2,(H,21,22). The third-order valence-electron chi connectivity index (χ3n) is 3.23. The smallest absolute Gasteiger partial charge is 0.238 e. The lowest BCUT2D eigenvalue weighted by Crippen LogP contribution is -2.14. The second kappa shape index (κ2) is 7.11. The first kappa shape index (κ1) is 16.6.